The van der Waals surface area contributed by atoms with Crippen LogP contribution in [-0.2, 0) is 9.53 Å². The highest BCUT2D eigenvalue weighted by atomic mass is 16.5. The Kier molecular flexibility index (Phi) is 5.56. The van der Waals surface area contributed by atoms with E-state index in [1.54, 1.807) is 0 Å². The van der Waals surface area contributed by atoms with E-state index < -0.39 is 0 Å². The van der Waals surface area contributed by atoms with Gasteiger partial charge in [0.15, 0.2) is 0 Å². The topological polar surface area (TPSA) is 50.4 Å². The highest BCUT2D eigenvalue weighted by molar-refractivity contribution is 5.76. The lowest BCUT2D eigenvalue weighted by molar-refractivity contribution is -0.122. The Morgan fingerprint density at radius 2 is 2.43 bits per heavy atom. The number of nitrogens with one attached hydrogen (secondary N) is 2. The molecule has 0 aromatic rings. The summed E-state index contributed by atoms with van der Waals surface area (Å²) in [7, 11) is 0. The first-order chi connectivity index (χ1) is 6.83. The summed E-state index contributed by atoms with van der Waals surface area (Å²) in [5.41, 5.74) is 0. The molecule has 0 unspecified atom stereocenters. The van der Waals surface area contributed by atoms with Gasteiger partial charge in [0, 0.05) is 25.6 Å². The molecule has 1 fully saturated rings. The minimum absolute atomic E-state index is 0.106. The van der Waals surface area contributed by atoms with Crippen LogP contribution >= 0.6 is 0 Å². The van der Waals surface area contributed by atoms with Crippen LogP contribution in [0.3, 0.4) is 0 Å². The summed E-state index contributed by atoms with van der Waals surface area (Å²) in [5, 5.41) is 6.18. The minimum atomic E-state index is 0.106. The Labute approximate surface area is 85.4 Å². The first-order valence-electron chi connectivity index (χ1n) is 5.40. The van der Waals surface area contributed by atoms with Gasteiger partial charge in [-0.2, -0.15) is 0 Å². The van der Waals surface area contributed by atoms with Gasteiger partial charge in [-0.25, -0.2) is 0 Å². The highest BCUT2D eigenvalue weighted by Crippen LogP contribution is 1.97. The molecule has 0 bridgehead atoms. The molecule has 0 spiro atoms. The van der Waals surface area contributed by atoms with Crippen LogP contribution in [-0.4, -0.2) is 38.3 Å². The number of ether oxygens (including phenoxy) is 1. The van der Waals surface area contributed by atoms with Crippen LogP contribution < -0.4 is 10.6 Å². The van der Waals surface area contributed by atoms with Gasteiger partial charge in [-0.1, -0.05) is 6.92 Å². The van der Waals surface area contributed by atoms with E-state index in [1.165, 1.54) is 0 Å². The van der Waals surface area contributed by atoms with Gasteiger partial charge in [0.2, 0.25) is 5.91 Å². The molecule has 0 aliphatic carbocycles. The summed E-state index contributed by atoms with van der Waals surface area (Å²) in [5.74, 6) is 0.106. The third kappa shape index (κ3) is 4.58. The quantitative estimate of drug-likeness (QED) is 0.606. The minimum Gasteiger partial charge on any atom is -0.381 e. The molecular formula is C10H20N2O2. The van der Waals surface area contributed by atoms with Crippen LogP contribution in [0.2, 0.25) is 0 Å². The lowest BCUT2D eigenvalue weighted by Gasteiger charge is -2.10. The first-order valence-corrected chi connectivity index (χ1v) is 5.40. The number of carbonyl (C=O) groups excluding carboxylic acids is 1. The molecular weight excluding hydrogens is 180 g/mol. The number of rotatable bonds is 6. The fourth-order valence-corrected chi connectivity index (χ4v) is 1.49. The number of hydrogen-bond donors (Lipinski definition) is 2. The van der Waals surface area contributed by atoms with Gasteiger partial charge < -0.3 is 15.4 Å². The maximum Gasteiger partial charge on any atom is 0.222 e. The fourth-order valence-electron chi connectivity index (χ4n) is 1.49. The molecule has 0 aromatic carbocycles. The second-order valence-corrected chi connectivity index (χ2v) is 3.62. The Balaban J connectivity index is 1.98. The average Bonchev–Trinajstić information content (AvgIpc) is 2.65. The summed E-state index contributed by atoms with van der Waals surface area (Å²) >= 11 is 0. The van der Waals surface area contributed by atoms with Gasteiger partial charge in [0.25, 0.3) is 0 Å². The Morgan fingerprint density at radius 1 is 1.57 bits per heavy atom. The Hall–Kier alpha value is -0.610. The molecule has 0 aromatic heterocycles. The number of carbonyl (C=O) groups is 1. The number of amides is 1. The van der Waals surface area contributed by atoms with E-state index in [1.807, 2.05) is 0 Å². The van der Waals surface area contributed by atoms with Crippen LogP contribution in [0.15, 0.2) is 0 Å². The zero-order valence-electron chi connectivity index (χ0n) is 8.84. The SMILES string of the molecule is CCCOCCC(=O)N[C@H]1CCNC1. The molecule has 1 heterocycles. The smallest absolute Gasteiger partial charge is 0.222 e. The monoisotopic (exact) mass is 200 g/mol. The normalized spacial score (nSPS) is 21.1. The highest BCUT2D eigenvalue weighted by Gasteiger charge is 2.15. The molecule has 1 saturated heterocycles. The van der Waals surface area contributed by atoms with Crippen molar-refractivity contribution in [3.05, 3.63) is 0 Å². The Bertz CT molecular complexity index is 168. The van der Waals surface area contributed by atoms with Crippen molar-refractivity contribution >= 4 is 5.91 Å². The van der Waals surface area contributed by atoms with Crippen LogP contribution in [0.4, 0.5) is 0 Å². The van der Waals surface area contributed by atoms with Gasteiger partial charge in [-0.3, -0.25) is 4.79 Å². The summed E-state index contributed by atoms with van der Waals surface area (Å²) in [6.45, 7) is 5.27. The van der Waals surface area contributed by atoms with Crippen LogP contribution in [0.1, 0.15) is 26.2 Å². The predicted molar refractivity (Wildman–Crippen MR) is 55.1 cm³/mol. The van der Waals surface area contributed by atoms with E-state index in [0.717, 1.165) is 32.5 Å². The third-order valence-corrected chi connectivity index (χ3v) is 2.25. The Morgan fingerprint density at radius 3 is 3.07 bits per heavy atom. The van der Waals surface area contributed by atoms with Crippen molar-refractivity contribution in [2.75, 3.05) is 26.3 Å². The second-order valence-electron chi connectivity index (χ2n) is 3.62. The number of hydrogen-bond acceptors (Lipinski definition) is 3. The fraction of sp³-hybridized carbons (Fsp3) is 0.900. The lowest BCUT2D eigenvalue weighted by atomic mass is 10.2. The zero-order valence-corrected chi connectivity index (χ0v) is 8.84. The second kappa shape index (κ2) is 6.79. The van der Waals surface area contributed by atoms with Crippen molar-refractivity contribution in [2.45, 2.75) is 32.2 Å². The molecule has 1 atom stereocenters. The summed E-state index contributed by atoms with van der Waals surface area (Å²) in [6.07, 6.45) is 2.53. The summed E-state index contributed by atoms with van der Waals surface area (Å²) in [6, 6.07) is 0.327. The molecule has 14 heavy (non-hydrogen) atoms. The van der Waals surface area contributed by atoms with E-state index in [0.29, 0.717) is 19.1 Å². The average molecular weight is 200 g/mol. The first kappa shape index (κ1) is 11.5. The predicted octanol–water partition coefficient (Wildman–Crippen LogP) is 0.281. The molecule has 82 valence electrons. The molecule has 1 aliphatic heterocycles. The van der Waals surface area contributed by atoms with Crippen molar-refractivity contribution in [3.63, 3.8) is 0 Å². The van der Waals surface area contributed by atoms with Crippen molar-refractivity contribution in [2.24, 2.45) is 0 Å². The van der Waals surface area contributed by atoms with Gasteiger partial charge >= 0.3 is 0 Å². The van der Waals surface area contributed by atoms with E-state index in [4.69, 9.17) is 4.74 Å². The van der Waals surface area contributed by atoms with Gasteiger partial charge in [0.05, 0.1) is 6.61 Å². The van der Waals surface area contributed by atoms with Crippen LogP contribution in [0.25, 0.3) is 0 Å². The molecule has 1 rings (SSSR count). The third-order valence-electron chi connectivity index (χ3n) is 2.25. The van der Waals surface area contributed by atoms with Crippen molar-refractivity contribution in [3.8, 4) is 0 Å². The van der Waals surface area contributed by atoms with Gasteiger partial charge in [-0.05, 0) is 19.4 Å². The molecule has 1 amide bonds. The van der Waals surface area contributed by atoms with Crippen LogP contribution in [0.5, 0.6) is 0 Å². The van der Waals surface area contributed by atoms with Crippen molar-refractivity contribution < 1.29 is 9.53 Å². The largest absolute Gasteiger partial charge is 0.381 e. The maximum absolute atomic E-state index is 11.3. The molecule has 4 nitrogen and oxygen atoms in total. The van der Waals surface area contributed by atoms with E-state index >= 15 is 0 Å². The van der Waals surface area contributed by atoms with Gasteiger partial charge in [0.1, 0.15) is 0 Å². The van der Waals surface area contributed by atoms with Gasteiger partial charge in [-0.15, -0.1) is 0 Å². The standard InChI is InChI=1S/C10H20N2O2/c1-2-6-14-7-4-10(13)12-9-3-5-11-8-9/h9,11H,2-8H2,1H3,(H,12,13)/t9-/m0/s1. The van der Waals surface area contributed by atoms with E-state index in [-0.39, 0.29) is 5.91 Å². The maximum atomic E-state index is 11.3. The lowest BCUT2D eigenvalue weighted by Crippen LogP contribution is -2.36. The summed E-state index contributed by atoms with van der Waals surface area (Å²) < 4.78 is 5.24. The molecule has 4 heteroatoms. The molecule has 2 N–H and O–H groups in total. The molecule has 0 radical (unpaired) electrons. The van der Waals surface area contributed by atoms with E-state index in [9.17, 15) is 4.79 Å². The van der Waals surface area contributed by atoms with Crippen molar-refractivity contribution in [1.29, 1.82) is 0 Å². The van der Waals surface area contributed by atoms with Crippen LogP contribution in [0, 0.1) is 0 Å². The zero-order chi connectivity index (χ0) is 10.2. The van der Waals surface area contributed by atoms with Crippen molar-refractivity contribution in [1.82, 2.24) is 10.6 Å². The van der Waals surface area contributed by atoms with E-state index in [2.05, 4.69) is 17.6 Å². The summed E-state index contributed by atoms with van der Waals surface area (Å²) in [4.78, 5) is 11.3. The molecule has 1 aliphatic rings. The molecule has 0 saturated carbocycles.